The van der Waals surface area contributed by atoms with Gasteiger partial charge in [0.05, 0.1) is 11.8 Å². The number of nitrogens with one attached hydrogen (secondary N) is 1. The van der Waals surface area contributed by atoms with Crippen LogP contribution in [0.1, 0.15) is 13.3 Å². The van der Waals surface area contributed by atoms with Crippen LogP contribution in [-0.4, -0.2) is 52.7 Å². The van der Waals surface area contributed by atoms with Crippen LogP contribution in [0.4, 0.5) is 0 Å². The van der Waals surface area contributed by atoms with Gasteiger partial charge in [0.15, 0.2) is 0 Å². The topological polar surface area (TPSA) is 69.7 Å². The van der Waals surface area contributed by atoms with E-state index in [0.29, 0.717) is 22.8 Å². The maximum absolute atomic E-state index is 13.4. The lowest BCUT2D eigenvalue weighted by molar-refractivity contribution is -0.143. The van der Waals surface area contributed by atoms with Crippen LogP contribution in [0.25, 0.3) is 0 Å². The normalized spacial score (nSPS) is 33.0. The SMILES string of the molecule is C=CC1=C(/C=C(/Cl)C=C)[C@@]2(C(=O)N1)[C@H]1C(=O)N(C)C(=O)[C@H]1[C@@H](C=C)N2CCC. The number of amides is 3. The van der Waals surface area contributed by atoms with Gasteiger partial charge in [0, 0.05) is 29.4 Å². The minimum Gasteiger partial charge on any atom is -0.324 e. The zero-order valence-electron chi connectivity index (χ0n) is 16.1. The first-order valence-electron chi connectivity index (χ1n) is 9.20. The van der Waals surface area contributed by atoms with Crippen LogP contribution in [0.2, 0.25) is 0 Å². The van der Waals surface area contributed by atoms with Crippen molar-refractivity contribution < 1.29 is 14.4 Å². The number of hydrogen-bond donors (Lipinski definition) is 1. The molecule has 4 atom stereocenters. The number of nitrogens with zero attached hydrogens (tertiary/aromatic N) is 2. The first-order chi connectivity index (χ1) is 13.3. The van der Waals surface area contributed by atoms with E-state index < -0.39 is 23.4 Å². The van der Waals surface area contributed by atoms with E-state index in [2.05, 4.69) is 25.1 Å². The second kappa shape index (κ2) is 7.18. The van der Waals surface area contributed by atoms with Crippen LogP contribution in [0.5, 0.6) is 0 Å². The number of allylic oxidation sites excluding steroid dienone is 3. The Hall–Kier alpha value is -2.44. The number of carbonyl (C=O) groups is 3. The van der Waals surface area contributed by atoms with E-state index in [1.807, 2.05) is 11.8 Å². The van der Waals surface area contributed by atoms with Crippen molar-refractivity contribution in [3.05, 3.63) is 60.3 Å². The number of fused-ring (bicyclic) bond motifs is 2. The summed E-state index contributed by atoms with van der Waals surface area (Å²) in [7, 11) is 1.46. The number of hydrogen-bond acceptors (Lipinski definition) is 4. The summed E-state index contributed by atoms with van der Waals surface area (Å²) in [6.07, 6.45) is 7.00. The fourth-order valence-corrected chi connectivity index (χ4v) is 4.93. The Bertz CT molecular complexity index is 859. The maximum Gasteiger partial charge on any atom is 0.250 e. The minimum absolute atomic E-state index is 0.295. The highest BCUT2D eigenvalue weighted by Crippen LogP contribution is 2.55. The van der Waals surface area contributed by atoms with Gasteiger partial charge in [-0.2, -0.15) is 0 Å². The molecule has 0 unspecified atom stereocenters. The predicted molar refractivity (Wildman–Crippen MR) is 108 cm³/mol. The van der Waals surface area contributed by atoms with Gasteiger partial charge in [0.25, 0.3) is 0 Å². The minimum atomic E-state index is -1.36. The molecule has 3 amide bonds. The summed E-state index contributed by atoms with van der Waals surface area (Å²) in [5.41, 5.74) is -0.352. The zero-order chi connectivity index (χ0) is 20.8. The van der Waals surface area contributed by atoms with Crippen LogP contribution in [0.3, 0.4) is 0 Å². The number of halogens is 1. The van der Waals surface area contributed by atoms with Crippen molar-refractivity contribution in [2.45, 2.75) is 24.9 Å². The Balaban J connectivity index is 2.37. The third-order valence-electron chi connectivity index (χ3n) is 5.88. The van der Waals surface area contributed by atoms with Crippen molar-refractivity contribution in [1.29, 1.82) is 0 Å². The van der Waals surface area contributed by atoms with Crippen molar-refractivity contribution in [1.82, 2.24) is 15.1 Å². The molecular weight excluding hydrogens is 378 g/mol. The smallest absolute Gasteiger partial charge is 0.250 e. The third kappa shape index (κ3) is 2.41. The molecule has 0 aromatic rings. The Kier molecular flexibility index (Phi) is 5.21. The molecule has 3 aliphatic heterocycles. The molecule has 0 saturated carbocycles. The highest BCUT2D eigenvalue weighted by Gasteiger charge is 2.73. The van der Waals surface area contributed by atoms with Gasteiger partial charge in [-0.05, 0) is 25.1 Å². The predicted octanol–water partition coefficient (Wildman–Crippen LogP) is 2.11. The van der Waals surface area contributed by atoms with Crippen molar-refractivity contribution >= 4 is 29.3 Å². The average molecular weight is 402 g/mol. The summed E-state index contributed by atoms with van der Waals surface area (Å²) in [5.74, 6) is -2.57. The summed E-state index contributed by atoms with van der Waals surface area (Å²) in [6.45, 7) is 13.8. The van der Waals surface area contributed by atoms with Gasteiger partial charge in [0.1, 0.15) is 5.54 Å². The van der Waals surface area contributed by atoms with Crippen LogP contribution in [0, 0.1) is 11.8 Å². The van der Waals surface area contributed by atoms with Gasteiger partial charge >= 0.3 is 0 Å². The fraction of sp³-hybridized carbons (Fsp3) is 0.381. The van der Waals surface area contributed by atoms with Gasteiger partial charge in [-0.3, -0.25) is 24.2 Å². The molecule has 7 heteroatoms. The van der Waals surface area contributed by atoms with Gasteiger partial charge < -0.3 is 5.32 Å². The lowest BCUT2D eigenvalue weighted by Crippen LogP contribution is -2.59. The van der Waals surface area contributed by atoms with Crippen molar-refractivity contribution in [2.24, 2.45) is 11.8 Å². The lowest BCUT2D eigenvalue weighted by atomic mass is 9.75. The summed E-state index contributed by atoms with van der Waals surface area (Å²) in [4.78, 5) is 42.5. The van der Waals surface area contributed by atoms with Crippen molar-refractivity contribution in [2.75, 3.05) is 13.6 Å². The summed E-state index contributed by atoms with van der Waals surface area (Å²) in [5, 5.41) is 3.16. The van der Waals surface area contributed by atoms with Gasteiger partial charge in [-0.1, -0.05) is 43.8 Å². The molecule has 1 N–H and O–H groups in total. The molecule has 6 nitrogen and oxygen atoms in total. The van der Waals surface area contributed by atoms with Crippen LogP contribution in [0.15, 0.2) is 60.3 Å². The van der Waals surface area contributed by atoms with Gasteiger partial charge in [-0.15, -0.1) is 6.58 Å². The van der Waals surface area contributed by atoms with Crippen LogP contribution >= 0.6 is 11.6 Å². The Morgan fingerprint density at radius 3 is 2.46 bits per heavy atom. The van der Waals surface area contributed by atoms with E-state index in [-0.39, 0.29) is 17.7 Å². The van der Waals surface area contributed by atoms with E-state index in [1.165, 1.54) is 19.2 Å². The Labute approximate surface area is 169 Å². The fourth-order valence-electron chi connectivity index (χ4n) is 4.82. The van der Waals surface area contributed by atoms with Gasteiger partial charge in [0.2, 0.25) is 17.7 Å². The second-order valence-electron chi connectivity index (χ2n) is 7.14. The highest BCUT2D eigenvalue weighted by molar-refractivity contribution is 6.31. The maximum atomic E-state index is 13.4. The number of carbonyl (C=O) groups excluding carboxylic acids is 3. The second-order valence-corrected chi connectivity index (χ2v) is 7.58. The first-order valence-corrected chi connectivity index (χ1v) is 9.57. The molecule has 28 heavy (non-hydrogen) atoms. The van der Waals surface area contributed by atoms with Crippen molar-refractivity contribution in [3.8, 4) is 0 Å². The van der Waals surface area contributed by atoms with E-state index in [1.54, 1.807) is 12.2 Å². The monoisotopic (exact) mass is 401 g/mol. The summed E-state index contributed by atoms with van der Waals surface area (Å²) >= 11 is 6.24. The highest BCUT2D eigenvalue weighted by atomic mass is 35.5. The molecule has 0 bridgehead atoms. The Morgan fingerprint density at radius 1 is 1.25 bits per heavy atom. The molecule has 3 rings (SSSR count). The quantitative estimate of drug-likeness (QED) is 0.420. The summed E-state index contributed by atoms with van der Waals surface area (Å²) < 4.78 is 0. The molecule has 2 fully saturated rings. The van der Waals surface area contributed by atoms with E-state index in [4.69, 9.17) is 11.6 Å². The number of rotatable bonds is 6. The van der Waals surface area contributed by atoms with Crippen LogP contribution in [-0.2, 0) is 14.4 Å². The van der Waals surface area contributed by atoms with E-state index >= 15 is 0 Å². The van der Waals surface area contributed by atoms with E-state index in [0.717, 1.165) is 11.3 Å². The molecule has 3 aliphatic rings. The molecule has 2 saturated heterocycles. The Morgan fingerprint density at radius 2 is 1.93 bits per heavy atom. The molecule has 148 valence electrons. The molecule has 0 aliphatic carbocycles. The number of imide groups is 1. The molecule has 0 aromatic heterocycles. The standard InChI is InChI=1S/C21H24ClN3O3/c1-6-10-25-15(9-4)16-17(19(27)24(5)18(16)26)21(25)13(11-12(22)7-2)14(8-3)23-20(21)28/h7-9,11,15-17H,2-4,6,10H2,1,5H3,(H,23,28)/b12-11+/t15-,16+,17-,21+/m1/s1. The van der Waals surface area contributed by atoms with Crippen molar-refractivity contribution in [3.63, 3.8) is 0 Å². The average Bonchev–Trinajstić information content (AvgIpc) is 3.21. The number of likely N-dealkylation sites (tertiary alicyclic amines) is 2. The summed E-state index contributed by atoms with van der Waals surface area (Å²) in [6, 6.07) is -0.452. The lowest BCUT2D eigenvalue weighted by Gasteiger charge is -2.39. The zero-order valence-corrected chi connectivity index (χ0v) is 16.8. The van der Waals surface area contributed by atoms with Gasteiger partial charge in [-0.25, -0.2) is 0 Å². The molecule has 3 heterocycles. The third-order valence-corrected chi connectivity index (χ3v) is 6.15. The molecule has 1 spiro atoms. The van der Waals surface area contributed by atoms with Crippen LogP contribution < -0.4 is 5.32 Å². The molecular formula is C21H24ClN3O3. The molecule has 0 radical (unpaired) electrons. The molecule has 0 aromatic carbocycles. The largest absolute Gasteiger partial charge is 0.324 e. The van der Waals surface area contributed by atoms with E-state index in [9.17, 15) is 14.4 Å². The first kappa shape index (κ1) is 20.3.